The average molecular weight is 340 g/mol. The molecule has 0 unspecified atom stereocenters. The Hall–Kier alpha value is -0.380. The fraction of sp³-hybridized carbons (Fsp3) is 0.905. The highest BCUT2D eigenvalue weighted by Gasteiger charge is 2.15. The van der Waals surface area contributed by atoms with E-state index in [0.717, 1.165) is 18.4 Å². The predicted molar refractivity (Wildman–Crippen MR) is 109 cm³/mol. The van der Waals surface area contributed by atoms with Gasteiger partial charge in [0, 0.05) is 0 Å². The summed E-state index contributed by atoms with van der Waals surface area (Å²) in [6.45, 7) is 6.14. The molecule has 3 heteroatoms. The van der Waals surface area contributed by atoms with E-state index in [9.17, 15) is 0 Å². The number of hydrogen-bond acceptors (Lipinski definition) is 3. The molecule has 0 aromatic heterocycles. The highest BCUT2D eigenvalue weighted by atomic mass is 15.1. The Kier molecular flexibility index (Phi) is 15.9. The largest absolute Gasteiger partial charge is 0.298 e. The zero-order valence-electron chi connectivity index (χ0n) is 16.5. The average Bonchev–Trinajstić information content (AvgIpc) is 2.53. The summed E-state index contributed by atoms with van der Waals surface area (Å²) in [7, 11) is 0. The molecule has 3 nitrogen and oxygen atoms in total. The van der Waals surface area contributed by atoms with Gasteiger partial charge in [0.1, 0.15) is 5.79 Å². The first-order valence-electron chi connectivity index (χ1n) is 10.5. The summed E-state index contributed by atoms with van der Waals surface area (Å²) in [5, 5.41) is 0. The van der Waals surface area contributed by atoms with E-state index in [4.69, 9.17) is 17.2 Å². The fourth-order valence-electron chi connectivity index (χ4n) is 3.10. The van der Waals surface area contributed by atoms with Gasteiger partial charge >= 0.3 is 0 Å². The highest BCUT2D eigenvalue weighted by Crippen LogP contribution is 2.15. The lowest BCUT2D eigenvalue weighted by molar-refractivity contribution is 0.503. The van der Waals surface area contributed by atoms with E-state index in [0.29, 0.717) is 0 Å². The van der Waals surface area contributed by atoms with Crippen LogP contribution in [0.5, 0.6) is 0 Å². The molecule has 0 atom stereocenters. The summed E-state index contributed by atoms with van der Waals surface area (Å²) in [5.41, 5.74) is 17.6. The molecule has 144 valence electrons. The van der Waals surface area contributed by atoms with Crippen molar-refractivity contribution in [2.24, 2.45) is 17.2 Å². The van der Waals surface area contributed by atoms with Gasteiger partial charge in [0.25, 0.3) is 0 Å². The molecular weight excluding hydrogens is 294 g/mol. The van der Waals surface area contributed by atoms with Crippen molar-refractivity contribution < 1.29 is 0 Å². The van der Waals surface area contributed by atoms with E-state index >= 15 is 0 Å². The van der Waals surface area contributed by atoms with Gasteiger partial charge in [-0.15, -0.1) is 0 Å². The van der Waals surface area contributed by atoms with E-state index in [1.54, 1.807) is 0 Å². The van der Waals surface area contributed by atoms with Gasteiger partial charge in [-0.25, -0.2) is 0 Å². The van der Waals surface area contributed by atoms with Crippen LogP contribution in [0.4, 0.5) is 0 Å². The Morgan fingerprint density at radius 2 is 0.875 bits per heavy atom. The first kappa shape index (κ1) is 23.6. The van der Waals surface area contributed by atoms with Crippen molar-refractivity contribution in [3.8, 4) is 0 Å². The minimum absolute atomic E-state index is 0.757. The van der Waals surface area contributed by atoms with Crippen LogP contribution >= 0.6 is 0 Å². The molecule has 0 amide bonds. The number of unbranched alkanes of at least 4 members (excludes halogenated alkanes) is 15. The monoisotopic (exact) mass is 339 g/mol. The number of nitrogens with two attached hydrogens (primary N) is 3. The van der Waals surface area contributed by atoms with E-state index in [1.165, 1.54) is 96.3 Å². The van der Waals surface area contributed by atoms with Crippen molar-refractivity contribution in [2.45, 2.75) is 122 Å². The Morgan fingerprint density at radius 1 is 0.583 bits per heavy atom. The summed E-state index contributed by atoms with van der Waals surface area (Å²) >= 11 is 0. The lowest BCUT2D eigenvalue weighted by Gasteiger charge is -2.21. The standard InChI is InChI=1S/C21H45N3/c1-3-4-5-6-7-8-9-10-11-12-13-14-15-16-17-18-19-20(2)21(22,23)24/h2-19,22-24H2,1H3. The molecule has 0 spiro atoms. The maximum atomic E-state index is 5.60. The Bertz CT molecular complexity index is 281. The molecule has 0 aliphatic heterocycles. The Morgan fingerprint density at radius 3 is 1.17 bits per heavy atom. The topological polar surface area (TPSA) is 78.1 Å². The van der Waals surface area contributed by atoms with Crippen LogP contribution < -0.4 is 17.2 Å². The molecule has 0 radical (unpaired) electrons. The molecule has 0 fully saturated rings. The molecule has 0 heterocycles. The minimum Gasteiger partial charge on any atom is -0.298 e. The lowest BCUT2D eigenvalue weighted by atomic mass is 10.0. The van der Waals surface area contributed by atoms with Crippen LogP contribution in [-0.2, 0) is 0 Å². The van der Waals surface area contributed by atoms with Gasteiger partial charge in [-0.05, 0) is 18.4 Å². The van der Waals surface area contributed by atoms with Crippen LogP contribution in [0.3, 0.4) is 0 Å². The molecule has 0 aliphatic rings. The van der Waals surface area contributed by atoms with E-state index in [-0.39, 0.29) is 0 Å². The molecule has 0 aromatic rings. The second kappa shape index (κ2) is 16.1. The smallest absolute Gasteiger partial charge is 0.138 e. The van der Waals surface area contributed by atoms with Crippen molar-refractivity contribution in [3.63, 3.8) is 0 Å². The van der Waals surface area contributed by atoms with Crippen molar-refractivity contribution >= 4 is 0 Å². The molecule has 6 N–H and O–H groups in total. The van der Waals surface area contributed by atoms with E-state index in [1.807, 2.05) is 0 Å². The van der Waals surface area contributed by atoms with Gasteiger partial charge in [-0.2, -0.15) is 0 Å². The molecule has 0 aliphatic carbocycles. The van der Waals surface area contributed by atoms with Crippen LogP contribution in [0, 0.1) is 0 Å². The third-order valence-electron chi connectivity index (χ3n) is 4.94. The van der Waals surface area contributed by atoms with Crippen LogP contribution in [0.15, 0.2) is 12.2 Å². The molecule has 0 saturated heterocycles. The molecule has 0 bridgehead atoms. The maximum absolute atomic E-state index is 5.60. The zero-order valence-corrected chi connectivity index (χ0v) is 16.5. The summed E-state index contributed by atoms with van der Waals surface area (Å²) in [5.74, 6) is -1.20. The summed E-state index contributed by atoms with van der Waals surface area (Å²) in [6.07, 6.45) is 22.9. The first-order valence-corrected chi connectivity index (χ1v) is 10.5. The fourth-order valence-corrected chi connectivity index (χ4v) is 3.10. The number of rotatable bonds is 18. The molecule has 0 saturated carbocycles. The predicted octanol–water partition coefficient (Wildman–Crippen LogP) is 5.72. The van der Waals surface area contributed by atoms with Gasteiger partial charge in [0.05, 0.1) is 0 Å². The van der Waals surface area contributed by atoms with Crippen LogP contribution in [0.25, 0.3) is 0 Å². The molecular formula is C21H45N3. The van der Waals surface area contributed by atoms with Crippen molar-refractivity contribution in [1.82, 2.24) is 0 Å². The van der Waals surface area contributed by atoms with Gasteiger partial charge in [0.2, 0.25) is 0 Å². The van der Waals surface area contributed by atoms with Crippen LogP contribution in [-0.4, -0.2) is 5.79 Å². The lowest BCUT2D eigenvalue weighted by Crippen LogP contribution is -2.59. The molecule has 0 aromatic carbocycles. The van der Waals surface area contributed by atoms with E-state index < -0.39 is 5.79 Å². The molecule has 24 heavy (non-hydrogen) atoms. The summed E-state index contributed by atoms with van der Waals surface area (Å²) in [4.78, 5) is 0. The third kappa shape index (κ3) is 16.5. The van der Waals surface area contributed by atoms with E-state index in [2.05, 4.69) is 13.5 Å². The summed E-state index contributed by atoms with van der Waals surface area (Å²) < 4.78 is 0. The SMILES string of the molecule is C=C(CCCCCCCCCCCCCCCCCC)C(N)(N)N. The number of hydrogen-bond donors (Lipinski definition) is 3. The Labute approximate surface area is 151 Å². The first-order chi connectivity index (χ1) is 11.5. The van der Waals surface area contributed by atoms with Crippen molar-refractivity contribution in [1.29, 1.82) is 0 Å². The van der Waals surface area contributed by atoms with Crippen LogP contribution in [0.2, 0.25) is 0 Å². The highest BCUT2D eigenvalue weighted by molar-refractivity contribution is 5.09. The second-order valence-corrected chi connectivity index (χ2v) is 7.59. The van der Waals surface area contributed by atoms with Crippen molar-refractivity contribution in [2.75, 3.05) is 0 Å². The quantitative estimate of drug-likeness (QED) is 0.170. The normalized spacial score (nSPS) is 11.8. The van der Waals surface area contributed by atoms with Gasteiger partial charge in [-0.1, -0.05) is 110 Å². The minimum atomic E-state index is -1.20. The zero-order chi connectivity index (χ0) is 18.1. The third-order valence-corrected chi connectivity index (χ3v) is 4.94. The van der Waals surface area contributed by atoms with Gasteiger partial charge < -0.3 is 0 Å². The van der Waals surface area contributed by atoms with Gasteiger partial charge in [0.15, 0.2) is 0 Å². The Balaban J connectivity index is 3.12. The molecule has 0 rings (SSSR count). The summed E-state index contributed by atoms with van der Waals surface area (Å²) in [6, 6.07) is 0. The van der Waals surface area contributed by atoms with Gasteiger partial charge in [-0.3, -0.25) is 17.2 Å². The second-order valence-electron chi connectivity index (χ2n) is 7.59. The van der Waals surface area contributed by atoms with Crippen LogP contribution in [0.1, 0.15) is 116 Å². The maximum Gasteiger partial charge on any atom is 0.138 e. The van der Waals surface area contributed by atoms with Crippen molar-refractivity contribution in [3.05, 3.63) is 12.2 Å².